The van der Waals surface area contributed by atoms with Gasteiger partial charge in [-0.2, -0.15) is 0 Å². The highest BCUT2D eigenvalue weighted by Gasteiger charge is 2.12. The van der Waals surface area contributed by atoms with Crippen molar-refractivity contribution in [2.45, 2.75) is 33.7 Å². The summed E-state index contributed by atoms with van der Waals surface area (Å²) in [6.07, 6.45) is 0.224. The molecule has 2 aromatic rings. The molecular formula is C16H19N3O2S. The first-order valence-corrected chi connectivity index (χ1v) is 7.87. The van der Waals surface area contributed by atoms with Crippen molar-refractivity contribution in [1.82, 2.24) is 4.57 Å². The van der Waals surface area contributed by atoms with Crippen LogP contribution in [0.4, 0.5) is 5.69 Å². The smallest absolute Gasteiger partial charge is 0.221 e. The first kappa shape index (κ1) is 16.2. The van der Waals surface area contributed by atoms with Crippen molar-refractivity contribution < 1.29 is 9.59 Å². The van der Waals surface area contributed by atoms with E-state index in [4.69, 9.17) is 5.73 Å². The molecule has 6 heteroatoms. The number of Topliss-reactive ketones (excluding diaryl/α,β-unsaturated/α-hetero) is 1. The zero-order valence-corrected chi connectivity index (χ0v) is 13.7. The Hall–Kier alpha value is -2.21. The van der Waals surface area contributed by atoms with E-state index in [1.165, 1.54) is 11.3 Å². The second-order valence-corrected chi connectivity index (χ2v) is 6.00. The van der Waals surface area contributed by atoms with Crippen LogP contribution < -0.4 is 10.5 Å². The molecule has 2 N–H and O–H groups in total. The molecule has 0 unspecified atom stereocenters. The van der Waals surface area contributed by atoms with E-state index in [0.29, 0.717) is 0 Å². The van der Waals surface area contributed by atoms with Gasteiger partial charge in [0, 0.05) is 19.2 Å². The number of nitrogens with two attached hydrogens (primary N) is 1. The summed E-state index contributed by atoms with van der Waals surface area (Å²) in [5, 5.41) is 0. The summed E-state index contributed by atoms with van der Waals surface area (Å²) in [5.74, 6) is -0.295. The Balaban J connectivity index is 2.42. The standard InChI is InChI=1S/C16H19N3O2S/c1-4-19-10(2)15(11(3)20)22-16(19)18-13-7-5-12(6-8-13)9-14(17)21/h5-8H,4,9H2,1-3H3,(H2,17,21)/b18-16-. The zero-order chi connectivity index (χ0) is 16.3. The lowest BCUT2D eigenvalue weighted by molar-refractivity contribution is -0.117. The number of benzene rings is 1. The zero-order valence-electron chi connectivity index (χ0n) is 12.9. The third kappa shape index (κ3) is 3.51. The molecule has 0 aliphatic carbocycles. The summed E-state index contributed by atoms with van der Waals surface area (Å²) >= 11 is 1.40. The Morgan fingerprint density at radius 1 is 1.27 bits per heavy atom. The molecule has 0 aliphatic heterocycles. The number of carbonyl (C=O) groups is 2. The van der Waals surface area contributed by atoms with Crippen LogP contribution in [0, 0.1) is 6.92 Å². The fraction of sp³-hybridized carbons (Fsp3) is 0.312. The van der Waals surface area contributed by atoms with E-state index in [1.807, 2.05) is 42.7 Å². The normalized spacial score (nSPS) is 11.7. The topological polar surface area (TPSA) is 77.4 Å². The van der Waals surface area contributed by atoms with Crippen LogP contribution in [-0.4, -0.2) is 16.3 Å². The van der Waals surface area contributed by atoms with Gasteiger partial charge in [0.1, 0.15) is 0 Å². The molecule has 2 rings (SSSR count). The fourth-order valence-corrected chi connectivity index (χ4v) is 3.38. The van der Waals surface area contributed by atoms with Crippen LogP contribution in [-0.2, 0) is 17.8 Å². The Morgan fingerprint density at radius 3 is 2.41 bits per heavy atom. The van der Waals surface area contributed by atoms with E-state index in [-0.39, 0.29) is 18.1 Å². The molecule has 0 aliphatic rings. The molecule has 0 spiro atoms. The van der Waals surface area contributed by atoms with Crippen LogP contribution in [0.15, 0.2) is 29.3 Å². The molecule has 0 saturated carbocycles. The maximum Gasteiger partial charge on any atom is 0.221 e. The summed E-state index contributed by atoms with van der Waals surface area (Å²) in [5.41, 5.74) is 7.77. The number of aromatic nitrogens is 1. The highest BCUT2D eigenvalue weighted by atomic mass is 32.1. The summed E-state index contributed by atoms with van der Waals surface area (Å²) < 4.78 is 2.03. The molecule has 0 atom stereocenters. The third-order valence-electron chi connectivity index (χ3n) is 3.33. The molecule has 5 nitrogen and oxygen atoms in total. The average Bonchev–Trinajstić information content (AvgIpc) is 2.76. The number of hydrogen-bond donors (Lipinski definition) is 1. The van der Waals surface area contributed by atoms with E-state index in [9.17, 15) is 9.59 Å². The molecule has 1 aromatic carbocycles. The van der Waals surface area contributed by atoms with Crippen LogP contribution >= 0.6 is 11.3 Å². The number of hydrogen-bond acceptors (Lipinski definition) is 4. The van der Waals surface area contributed by atoms with Crippen LogP contribution in [0.25, 0.3) is 0 Å². The van der Waals surface area contributed by atoms with E-state index < -0.39 is 0 Å². The quantitative estimate of drug-likeness (QED) is 0.859. The minimum absolute atomic E-state index is 0.0583. The maximum atomic E-state index is 11.7. The number of carbonyl (C=O) groups excluding carboxylic acids is 2. The summed E-state index contributed by atoms with van der Waals surface area (Å²) in [6.45, 7) is 6.29. The molecule has 0 radical (unpaired) electrons. The number of primary amides is 1. The van der Waals surface area contributed by atoms with Gasteiger partial charge in [-0.15, -0.1) is 0 Å². The summed E-state index contributed by atoms with van der Waals surface area (Å²) in [4.78, 5) is 28.7. The lowest BCUT2D eigenvalue weighted by atomic mass is 10.1. The number of amides is 1. The Bertz CT molecular complexity index is 770. The SMILES string of the molecule is CCn1c(C)c(C(C)=O)s/c1=N\c1ccc(CC(N)=O)cc1. The van der Waals surface area contributed by atoms with E-state index >= 15 is 0 Å². The Kier molecular flexibility index (Phi) is 4.92. The van der Waals surface area contributed by atoms with Crippen molar-refractivity contribution in [3.63, 3.8) is 0 Å². The van der Waals surface area contributed by atoms with Crippen molar-refractivity contribution in [3.8, 4) is 0 Å². The second kappa shape index (κ2) is 6.70. The van der Waals surface area contributed by atoms with Gasteiger partial charge in [-0.3, -0.25) is 9.59 Å². The van der Waals surface area contributed by atoms with Gasteiger partial charge < -0.3 is 10.3 Å². The van der Waals surface area contributed by atoms with Gasteiger partial charge in [-0.25, -0.2) is 4.99 Å². The van der Waals surface area contributed by atoms with Gasteiger partial charge in [0.25, 0.3) is 0 Å². The van der Waals surface area contributed by atoms with Crippen molar-refractivity contribution in [2.75, 3.05) is 0 Å². The number of thiazole rings is 1. The lowest BCUT2D eigenvalue weighted by Crippen LogP contribution is -2.14. The van der Waals surface area contributed by atoms with Gasteiger partial charge >= 0.3 is 0 Å². The van der Waals surface area contributed by atoms with Crippen molar-refractivity contribution in [1.29, 1.82) is 0 Å². The molecule has 0 fully saturated rings. The van der Waals surface area contributed by atoms with Crippen LogP contribution in [0.2, 0.25) is 0 Å². The maximum absolute atomic E-state index is 11.7. The van der Waals surface area contributed by atoms with Crippen LogP contribution in [0.3, 0.4) is 0 Å². The first-order valence-electron chi connectivity index (χ1n) is 7.05. The third-order valence-corrected chi connectivity index (χ3v) is 4.61. The lowest BCUT2D eigenvalue weighted by Gasteiger charge is -2.02. The van der Waals surface area contributed by atoms with Crippen LogP contribution in [0.1, 0.15) is 34.8 Å². The van der Waals surface area contributed by atoms with E-state index in [1.54, 1.807) is 6.92 Å². The van der Waals surface area contributed by atoms with Gasteiger partial charge in [0.2, 0.25) is 5.91 Å². The summed E-state index contributed by atoms with van der Waals surface area (Å²) in [6, 6.07) is 7.37. The second-order valence-electron chi connectivity index (χ2n) is 5.02. The van der Waals surface area contributed by atoms with Gasteiger partial charge in [0.15, 0.2) is 10.6 Å². The monoisotopic (exact) mass is 317 g/mol. The number of ketones is 1. The largest absolute Gasteiger partial charge is 0.369 e. The van der Waals surface area contributed by atoms with Gasteiger partial charge in [-0.1, -0.05) is 23.5 Å². The Morgan fingerprint density at radius 2 is 1.91 bits per heavy atom. The van der Waals surface area contributed by atoms with Crippen molar-refractivity contribution in [3.05, 3.63) is 45.2 Å². The number of rotatable bonds is 5. The molecule has 116 valence electrons. The molecule has 22 heavy (non-hydrogen) atoms. The molecule has 1 amide bonds. The van der Waals surface area contributed by atoms with Gasteiger partial charge in [-0.05, 0) is 31.5 Å². The van der Waals surface area contributed by atoms with Crippen molar-refractivity contribution in [2.24, 2.45) is 10.7 Å². The Labute approximate surface area is 133 Å². The minimum Gasteiger partial charge on any atom is -0.369 e. The molecule has 0 saturated heterocycles. The fourth-order valence-electron chi connectivity index (χ4n) is 2.27. The predicted octanol–water partition coefficient (Wildman–Crippen LogP) is 2.34. The highest BCUT2D eigenvalue weighted by molar-refractivity contribution is 7.11. The van der Waals surface area contributed by atoms with Crippen molar-refractivity contribution >= 4 is 28.7 Å². The molecule has 1 heterocycles. The molecule has 1 aromatic heterocycles. The molecular weight excluding hydrogens is 298 g/mol. The number of nitrogens with zero attached hydrogens (tertiary/aromatic N) is 2. The van der Waals surface area contributed by atoms with E-state index in [0.717, 1.165) is 33.2 Å². The van der Waals surface area contributed by atoms with E-state index in [2.05, 4.69) is 4.99 Å². The average molecular weight is 317 g/mol. The summed E-state index contributed by atoms with van der Waals surface area (Å²) in [7, 11) is 0. The van der Waals surface area contributed by atoms with Crippen LogP contribution in [0.5, 0.6) is 0 Å². The predicted molar refractivity (Wildman–Crippen MR) is 87.3 cm³/mol. The molecule has 0 bridgehead atoms. The first-order chi connectivity index (χ1) is 10.4. The minimum atomic E-state index is -0.353. The van der Waals surface area contributed by atoms with Gasteiger partial charge in [0.05, 0.1) is 17.0 Å². The highest BCUT2D eigenvalue weighted by Crippen LogP contribution is 2.16.